The molecule has 1 rings (SSSR count). The van der Waals surface area contributed by atoms with Crippen LogP contribution in [0.3, 0.4) is 0 Å². The molecule has 0 amide bonds. The first-order valence-corrected chi connectivity index (χ1v) is 5.89. The van der Waals surface area contributed by atoms with Gasteiger partial charge in [-0.15, -0.1) is 0 Å². The Balaban J connectivity index is 2.85. The molecule has 1 saturated carbocycles. The predicted molar refractivity (Wildman–Crippen MR) is 60.1 cm³/mol. The Morgan fingerprint density at radius 3 is 2.36 bits per heavy atom. The number of hydrogen-bond donors (Lipinski definition) is 2. The monoisotopic (exact) mass is 199 g/mol. The van der Waals surface area contributed by atoms with Gasteiger partial charge in [0.05, 0.1) is 0 Å². The molecule has 1 unspecified atom stereocenters. The summed E-state index contributed by atoms with van der Waals surface area (Å²) in [4.78, 5) is 0. The van der Waals surface area contributed by atoms with Gasteiger partial charge in [-0.1, -0.05) is 33.1 Å². The molecule has 1 aliphatic carbocycles. The molecule has 0 saturated heterocycles. The second-order valence-corrected chi connectivity index (χ2v) is 5.40. The molecule has 0 aromatic heterocycles. The smallest absolute Gasteiger partial charge is 0.0437 e. The SMILES string of the molecule is CC1(C)CCCCCC1(CN)CCO. The van der Waals surface area contributed by atoms with E-state index in [9.17, 15) is 5.11 Å². The van der Waals surface area contributed by atoms with Crippen LogP contribution in [-0.4, -0.2) is 18.3 Å². The zero-order valence-electron chi connectivity index (χ0n) is 9.68. The molecule has 0 bridgehead atoms. The molecular weight excluding hydrogens is 174 g/mol. The summed E-state index contributed by atoms with van der Waals surface area (Å²) in [6, 6.07) is 0. The Morgan fingerprint density at radius 2 is 1.79 bits per heavy atom. The largest absolute Gasteiger partial charge is 0.396 e. The van der Waals surface area contributed by atoms with E-state index in [1.54, 1.807) is 0 Å². The molecule has 0 aromatic carbocycles. The van der Waals surface area contributed by atoms with Crippen molar-refractivity contribution in [2.45, 2.75) is 52.4 Å². The Labute approximate surface area is 87.9 Å². The van der Waals surface area contributed by atoms with Crippen molar-refractivity contribution in [3.05, 3.63) is 0 Å². The number of hydrogen-bond acceptors (Lipinski definition) is 2. The van der Waals surface area contributed by atoms with Gasteiger partial charge >= 0.3 is 0 Å². The fourth-order valence-electron chi connectivity index (χ4n) is 2.97. The highest BCUT2D eigenvalue weighted by atomic mass is 16.3. The third-order valence-corrected chi connectivity index (χ3v) is 4.37. The van der Waals surface area contributed by atoms with Crippen molar-refractivity contribution in [3.63, 3.8) is 0 Å². The van der Waals surface area contributed by atoms with Crippen molar-refractivity contribution < 1.29 is 5.11 Å². The summed E-state index contributed by atoms with van der Waals surface area (Å²) in [5, 5.41) is 9.18. The third kappa shape index (κ3) is 2.12. The average molecular weight is 199 g/mol. The Bertz CT molecular complexity index is 179. The van der Waals surface area contributed by atoms with Crippen LogP contribution in [0.15, 0.2) is 0 Å². The fraction of sp³-hybridized carbons (Fsp3) is 1.00. The molecule has 0 spiro atoms. The highest BCUT2D eigenvalue weighted by Gasteiger charge is 2.43. The van der Waals surface area contributed by atoms with E-state index in [-0.39, 0.29) is 12.0 Å². The lowest BCUT2D eigenvalue weighted by Crippen LogP contribution is -2.44. The summed E-state index contributed by atoms with van der Waals surface area (Å²) in [6.45, 7) is 5.64. The predicted octanol–water partition coefficient (Wildman–Crippen LogP) is 2.30. The van der Waals surface area contributed by atoms with Crippen molar-refractivity contribution in [2.75, 3.05) is 13.2 Å². The molecule has 84 valence electrons. The zero-order valence-corrected chi connectivity index (χ0v) is 9.68. The van der Waals surface area contributed by atoms with Gasteiger partial charge in [-0.25, -0.2) is 0 Å². The lowest BCUT2D eigenvalue weighted by Gasteiger charge is -2.45. The third-order valence-electron chi connectivity index (χ3n) is 4.37. The quantitative estimate of drug-likeness (QED) is 0.685. The zero-order chi connectivity index (χ0) is 10.7. The van der Waals surface area contributed by atoms with Crippen molar-refractivity contribution in [1.29, 1.82) is 0 Å². The molecule has 0 heterocycles. The second kappa shape index (κ2) is 4.63. The maximum absolute atomic E-state index is 9.18. The van der Waals surface area contributed by atoms with Gasteiger partial charge in [0.2, 0.25) is 0 Å². The number of rotatable bonds is 3. The molecule has 1 atom stereocenters. The van der Waals surface area contributed by atoms with Crippen molar-refractivity contribution in [2.24, 2.45) is 16.6 Å². The van der Waals surface area contributed by atoms with Crippen molar-refractivity contribution in [1.82, 2.24) is 0 Å². The van der Waals surface area contributed by atoms with Crippen LogP contribution in [0.25, 0.3) is 0 Å². The van der Waals surface area contributed by atoms with Crippen LogP contribution in [0.5, 0.6) is 0 Å². The molecule has 0 radical (unpaired) electrons. The van der Waals surface area contributed by atoms with Gasteiger partial charge in [0.1, 0.15) is 0 Å². The van der Waals surface area contributed by atoms with E-state index in [2.05, 4.69) is 13.8 Å². The Kier molecular flexibility index (Phi) is 3.96. The molecule has 2 nitrogen and oxygen atoms in total. The van der Waals surface area contributed by atoms with E-state index in [4.69, 9.17) is 5.73 Å². The van der Waals surface area contributed by atoms with Crippen LogP contribution in [0.4, 0.5) is 0 Å². The molecule has 14 heavy (non-hydrogen) atoms. The Morgan fingerprint density at radius 1 is 1.14 bits per heavy atom. The van der Waals surface area contributed by atoms with Crippen LogP contribution in [0.2, 0.25) is 0 Å². The number of aliphatic hydroxyl groups excluding tert-OH is 1. The van der Waals surface area contributed by atoms with Gasteiger partial charge < -0.3 is 10.8 Å². The second-order valence-electron chi connectivity index (χ2n) is 5.40. The van der Waals surface area contributed by atoms with Crippen LogP contribution in [0, 0.1) is 10.8 Å². The highest BCUT2D eigenvalue weighted by Crippen LogP contribution is 2.50. The van der Waals surface area contributed by atoms with Gasteiger partial charge in [-0.05, 0) is 36.6 Å². The van der Waals surface area contributed by atoms with Crippen LogP contribution >= 0.6 is 0 Å². The van der Waals surface area contributed by atoms with Crippen LogP contribution in [-0.2, 0) is 0 Å². The van der Waals surface area contributed by atoms with E-state index < -0.39 is 0 Å². The van der Waals surface area contributed by atoms with Crippen LogP contribution in [0.1, 0.15) is 52.4 Å². The minimum Gasteiger partial charge on any atom is -0.396 e. The maximum atomic E-state index is 9.18. The highest BCUT2D eigenvalue weighted by molar-refractivity contribution is 4.95. The maximum Gasteiger partial charge on any atom is 0.0437 e. The molecule has 1 aliphatic rings. The van der Waals surface area contributed by atoms with E-state index in [1.807, 2.05) is 0 Å². The summed E-state index contributed by atoms with van der Waals surface area (Å²) < 4.78 is 0. The normalized spacial score (nSPS) is 32.6. The first-order valence-electron chi connectivity index (χ1n) is 5.89. The van der Waals surface area contributed by atoms with Crippen molar-refractivity contribution >= 4 is 0 Å². The van der Waals surface area contributed by atoms with E-state index in [0.29, 0.717) is 5.41 Å². The van der Waals surface area contributed by atoms with Gasteiger partial charge in [-0.3, -0.25) is 0 Å². The molecule has 3 N–H and O–H groups in total. The average Bonchev–Trinajstić information content (AvgIpc) is 2.27. The van der Waals surface area contributed by atoms with E-state index in [1.165, 1.54) is 32.1 Å². The summed E-state index contributed by atoms with van der Waals surface area (Å²) in [6.07, 6.45) is 7.25. The summed E-state index contributed by atoms with van der Waals surface area (Å²) in [5.41, 5.74) is 6.43. The minimum atomic E-state index is 0.179. The first-order chi connectivity index (χ1) is 6.58. The molecule has 2 heteroatoms. The Hall–Kier alpha value is -0.0800. The molecular formula is C12H25NO. The van der Waals surface area contributed by atoms with Gasteiger partial charge in [-0.2, -0.15) is 0 Å². The van der Waals surface area contributed by atoms with Gasteiger partial charge in [0, 0.05) is 6.61 Å². The lowest BCUT2D eigenvalue weighted by molar-refractivity contribution is 0.0373. The number of nitrogens with two attached hydrogens (primary N) is 1. The minimum absolute atomic E-state index is 0.179. The topological polar surface area (TPSA) is 46.2 Å². The first kappa shape index (κ1) is 12.0. The van der Waals surface area contributed by atoms with Gasteiger partial charge in [0.15, 0.2) is 0 Å². The molecule has 0 aromatic rings. The number of aliphatic hydroxyl groups is 1. The lowest BCUT2D eigenvalue weighted by atomic mass is 9.61. The standard InChI is InChI=1S/C12H25NO/c1-11(2)6-4-3-5-7-12(11,10-13)8-9-14/h14H,3-10,13H2,1-2H3. The molecule has 0 aliphatic heterocycles. The summed E-state index contributed by atoms with van der Waals surface area (Å²) in [5.74, 6) is 0. The summed E-state index contributed by atoms with van der Waals surface area (Å²) >= 11 is 0. The summed E-state index contributed by atoms with van der Waals surface area (Å²) in [7, 11) is 0. The van der Waals surface area contributed by atoms with Gasteiger partial charge in [0.25, 0.3) is 0 Å². The van der Waals surface area contributed by atoms with Crippen LogP contribution < -0.4 is 5.73 Å². The van der Waals surface area contributed by atoms with E-state index in [0.717, 1.165) is 13.0 Å². The van der Waals surface area contributed by atoms with E-state index >= 15 is 0 Å². The fourth-order valence-corrected chi connectivity index (χ4v) is 2.97. The van der Waals surface area contributed by atoms with Crippen molar-refractivity contribution in [3.8, 4) is 0 Å². The molecule has 1 fully saturated rings.